The van der Waals surface area contributed by atoms with E-state index in [9.17, 15) is 9.59 Å². The number of nitrogens with zero attached hydrogens (tertiary/aromatic N) is 3. The van der Waals surface area contributed by atoms with E-state index in [1.165, 1.54) is 0 Å². The smallest absolute Gasteiger partial charge is 0.255 e. The maximum atomic E-state index is 12.6. The van der Waals surface area contributed by atoms with E-state index in [1.807, 2.05) is 66.1 Å². The predicted molar refractivity (Wildman–Crippen MR) is 124 cm³/mol. The van der Waals surface area contributed by atoms with E-state index in [0.29, 0.717) is 22.7 Å². The lowest BCUT2D eigenvalue weighted by Gasteiger charge is -2.24. The number of amides is 2. The summed E-state index contributed by atoms with van der Waals surface area (Å²) in [4.78, 5) is 24.9. The van der Waals surface area contributed by atoms with Gasteiger partial charge in [0.25, 0.3) is 5.91 Å². The molecule has 2 aromatic heterocycles. The van der Waals surface area contributed by atoms with Gasteiger partial charge in [-0.05, 0) is 55.7 Å². The molecule has 1 fully saturated rings. The van der Waals surface area contributed by atoms with E-state index in [1.54, 1.807) is 12.1 Å². The van der Waals surface area contributed by atoms with Crippen molar-refractivity contribution in [2.24, 2.45) is 5.92 Å². The maximum absolute atomic E-state index is 12.6. The molecule has 2 heterocycles. The number of rotatable bonds is 5. The molecule has 2 N–H and O–H groups in total. The molecule has 0 unspecified atom stereocenters. The highest BCUT2D eigenvalue weighted by molar-refractivity contribution is 6.04. The Morgan fingerprint density at radius 2 is 1.72 bits per heavy atom. The van der Waals surface area contributed by atoms with E-state index < -0.39 is 0 Å². The average Bonchev–Trinajstić information content (AvgIpc) is 3.17. The number of aryl methyl sites for hydroxylation is 1. The molecule has 4 aromatic rings. The van der Waals surface area contributed by atoms with Crippen LogP contribution >= 0.6 is 0 Å². The Kier molecular flexibility index (Phi) is 5.15. The van der Waals surface area contributed by atoms with Crippen LogP contribution in [-0.4, -0.2) is 26.4 Å². The van der Waals surface area contributed by atoms with Crippen LogP contribution in [0.2, 0.25) is 0 Å². The van der Waals surface area contributed by atoms with Crippen LogP contribution in [0.5, 0.6) is 0 Å². The number of nitrogens with one attached hydrogen (secondary N) is 2. The highest BCUT2D eigenvalue weighted by atomic mass is 16.2. The van der Waals surface area contributed by atoms with Crippen LogP contribution in [0.3, 0.4) is 0 Å². The van der Waals surface area contributed by atoms with Gasteiger partial charge in [-0.1, -0.05) is 36.8 Å². The van der Waals surface area contributed by atoms with Crippen molar-refractivity contribution in [1.29, 1.82) is 0 Å². The van der Waals surface area contributed by atoms with Crippen LogP contribution in [0.15, 0.2) is 66.9 Å². The monoisotopic (exact) mass is 425 g/mol. The van der Waals surface area contributed by atoms with Crippen LogP contribution in [0.4, 0.5) is 11.4 Å². The largest absolute Gasteiger partial charge is 0.325 e. The number of hydrogen-bond donors (Lipinski definition) is 2. The van der Waals surface area contributed by atoms with E-state index in [4.69, 9.17) is 0 Å². The van der Waals surface area contributed by atoms with Crippen molar-refractivity contribution >= 4 is 28.8 Å². The first-order valence-corrected chi connectivity index (χ1v) is 10.7. The Hall–Kier alpha value is -4.00. The molecule has 1 aliphatic carbocycles. The quantitative estimate of drug-likeness (QED) is 0.485. The second kappa shape index (κ2) is 8.26. The van der Waals surface area contributed by atoms with Gasteiger partial charge in [0.15, 0.2) is 11.5 Å². The average molecular weight is 425 g/mol. The fraction of sp³-hybridized carbons (Fsp3) is 0.200. The molecule has 7 heteroatoms. The van der Waals surface area contributed by atoms with Gasteiger partial charge in [-0.3, -0.25) is 14.0 Å². The molecule has 2 amide bonds. The normalized spacial score (nSPS) is 13.5. The van der Waals surface area contributed by atoms with Crippen molar-refractivity contribution in [2.45, 2.75) is 26.2 Å². The van der Waals surface area contributed by atoms with E-state index in [0.717, 1.165) is 36.1 Å². The molecule has 160 valence electrons. The number of hydrogen-bond acceptors (Lipinski definition) is 4. The Morgan fingerprint density at radius 3 is 2.44 bits per heavy atom. The molecule has 0 atom stereocenters. The zero-order chi connectivity index (χ0) is 22.1. The van der Waals surface area contributed by atoms with Crippen molar-refractivity contribution in [1.82, 2.24) is 14.6 Å². The minimum atomic E-state index is -0.169. The number of carbonyl (C=O) groups is 2. The number of para-hydroxylation sites is 1. The molecule has 0 aliphatic heterocycles. The molecular formula is C25H23N5O2. The Balaban J connectivity index is 1.36. The third-order valence-corrected chi connectivity index (χ3v) is 5.94. The number of carbonyl (C=O) groups excluding carboxylic acids is 2. The molecule has 0 radical (unpaired) electrons. The highest BCUT2D eigenvalue weighted by Gasteiger charge is 2.25. The molecule has 0 saturated heterocycles. The lowest BCUT2D eigenvalue weighted by Crippen LogP contribution is -2.28. The summed E-state index contributed by atoms with van der Waals surface area (Å²) in [6, 6.07) is 18.6. The van der Waals surface area contributed by atoms with Gasteiger partial charge in [0, 0.05) is 28.9 Å². The minimum Gasteiger partial charge on any atom is -0.325 e. The lowest BCUT2D eigenvalue weighted by molar-refractivity contribution is -0.122. The summed E-state index contributed by atoms with van der Waals surface area (Å²) in [6.07, 6.45) is 4.86. The van der Waals surface area contributed by atoms with Gasteiger partial charge < -0.3 is 10.6 Å². The van der Waals surface area contributed by atoms with Gasteiger partial charge in [-0.25, -0.2) is 0 Å². The summed E-state index contributed by atoms with van der Waals surface area (Å²) in [5.41, 5.74) is 4.58. The number of aromatic nitrogens is 3. The summed E-state index contributed by atoms with van der Waals surface area (Å²) >= 11 is 0. The summed E-state index contributed by atoms with van der Waals surface area (Å²) < 4.78 is 1.85. The van der Waals surface area contributed by atoms with Gasteiger partial charge in [-0.15, -0.1) is 10.2 Å². The standard InChI is InChI=1S/C25H23N5O2/c1-16-5-2-3-8-21(16)27-25(32)19-11-9-17(10-12-19)23-29-28-22-14-13-20(15-30(22)23)26-24(31)18-6-4-7-18/h2-3,5,8-15,18H,4,6-7H2,1H3,(H,26,31)(H,27,32). The van der Waals surface area contributed by atoms with Gasteiger partial charge >= 0.3 is 0 Å². The molecular weight excluding hydrogens is 402 g/mol. The van der Waals surface area contributed by atoms with Crippen molar-refractivity contribution in [3.8, 4) is 11.4 Å². The van der Waals surface area contributed by atoms with Gasteiger partial charge in [0.05, 0.1) is 5.69 Å². The third kappa shape index (κ3) is 3.85. The third-order valence-electron chi connectivity index (χ3n) is 5.94. The lowest BCUT2D eigenvalue weighted by atomic mass is 9.85. The molecule has 2 aromatic carbocycles. The number of anilines is 2. The highest BCUT2D eigenvalue weighted by Crippen LogP contribution is 2.28. The Bertz CT molecular complexity index is 1310. The molecule has 32 heavy (non-hydrogen) atoms. The van der Waals surface area contributed by atoms with Crippen molar-refractivity contribution in [3.63, 3.8) is 0 Å². The fourth-order valence-electron chi connectivity index (χ4n) is 3.75. The van der Waals surface area contributed by atoms with Crippen LogP contribution in [0.25, 0.3) is 17.0 Å². The molecule has 1 saturated carbocycles. The van der Waals surface area contributed by atoms with Crippen LogP contribution < -0.4 is 10.6 Å². The second-order valence-electron chi connectivity index (χ2n) is 8.13. The van der Waals surface area contributed by atoms with Gasteiger partial charge in [0.1, 0.15) is 0 Å². The number of pyridine rings is 1. The topological polar surface area (TPSA) is 88.4 Å². The molecule has 0 spiro atoms. The van der Waals surface area contributed by atoms with Crippen molar-refractivity contribution in [3.05, 3.63) is 78.0 Å². The van der Waals surface area contributed by atoms with Gasteiger partial charge in [-0.2, -0.15) is 0 Å². The van der Waals surface area contributed by atoms with E-state index in [-0.39, 0.29) is 17.7 Å². The van der Waals surface area contributed by atoms with E-state index in [2.05, 4.69) is 20.8 Å². The fourth-order valence-corrected chi connectivity index (χ4v) is 3.75. The zero-order valence-electron chi connectivity index (χ0n) is 17.7. The van der Waals surface area contributed by atoms with Crippen molar-refractivity contribution < 1.29 is 9.59 Å². The van der Waals surface area contributed by atoms with E-state index >= 15 is 0 Å². The first-order chi connectivity index (χ1) is 15.6. The SMILES string of the molecule is Cc1ccccc1NC(=O)c1ccc(-c2nnc3ccc(NC(=O)C4CCC4)cn23)cc1. The van der Waals surface area contributed by atoms with Crippen LogP contribution in [0.1, 0.15) is 35.2 Å². The first kappa shape index (κ1) is 19.9. The van der Waals surface area contributed by atoms with Crippen molar-refractivity contribution in [2.75, 3.05) is 10.6 Å². The Morgan fingerprint density at radius 1 is 0.938 bits per heavy atom. The Labute approximate surface area is 185 Å². The predicted octanol–water partition coefficient (Wildman–Crippen LogP) is 4.70. The molecule has 1 aliphatic rings. The van der Waals surface area contributed by atoms with Gasteiger partial charge in [0.2, 0.25) is 5.91 Å². The molecule has 0 bridgehead atoms. The summed E-state index contributed by atoms with van der Waals surface area (Å²) in [5.74, 6) is 0.655. The molecule has 5 rings (SSSR count). The summed E-state index contributed by atoms with van der Waals surface area (Å²) in [6.45, 7) is 1.96. The maximum Gasteiger partial charge on any atom is 0.255 e. The number of benzene rings is 2. The van der Waals surface area contributed by atoms with Crippen LogP contribution in [0, 0.1) is 12.8 Å². The minimum absolute atomic E-state index is 0.0641. The second-order valence-corrected chi connectivity index (χ2v) is 8.13. The summed E-state index contributed by atoms with van der Waals surface area (Å²) in [7, 11) is 0. The first-order valence-electron chi connectivity index (χ1n) is 10.7. The zero-order valence-corrected chi connectivity index (χ0v) is 17.7. The van der Waals surface area contributed by atoms with Crippen LogP contribution in [-0.2, 0) is 4.79 Å². The summed E-state index contributed by atoms with van der Waals surface area (Å²) in [5, 5.41) is 14.5. The number of fused-ring (bicyclic) bond motifs is 1. The molecule has 7 nitrogen and oxygen atoms in total.